The zero-order valence-electron chi connectivity index (χ0n) is 12.9. The number of fused-ring (bicyclic) bond motifs is 1. The van der Waals surface area contributed by atoms with E-state index in [1.54, 1.807) is 0 Å². The van der Waals surface area contributed by atoms with Gasteiger partial charge in [-0.05, 0) is 48.4 Å². The van der Waals surface area contributed by atoms with Gasteiger partial charge in [-0.3, -0.25) is 0 Å². The van der Waals surface area contributed by atoms with Gasteiger partial charge in [0, 0.05) is 0 Å². The van der Waals surface area contributed by atoms with Crippen LogP contribution in [0, 0.1) is 5.92 Å². The maximum atomic E-state index is 5.97. The number of nitrogens with zero attached hydrogens (tertiary/aromatic N) is 1. The van der Waals surface area contributed by atoms with Gasteiger partial charge in [0.1, 0.15) is 5.52 Å². The Morgan fingerprint density at radius 1 is 1.30 bits per heavy atom. The summed E-state index contributed by atoms with van der Waals surface area (Å²) < 4.78 is 5.97. The predicted octanol–water partition coefficient (Wildman–Crippen LogP) is 4.19. The minimum atomic E-state index is 0.143. The van der Waals surface area contributed by atoms with Crippen LogP contribution in [0.2, 0.25) is 0 Å². The van der Waals surface area contributed by atoms with E-state index in [1.165, 1.54) is 18.4 Å². The number of rotatable bonds is 1. The van der Waals surface area contributed by atoms with E-state index in [2.05, 4.69) is 51.2 Å². The number of oxazole rings is 1. The molecule has 2 atom stereocenters. The smallest absolute Gasteiger partial charge is 0.212 e. The zero-order chi connectivity index (χ0) is 14.3. The maximum absolute atomic E-state index is 5.97. The molecule has 1 aromatic carbocycles. The third-order valence-corrected chi connectivity index (χ3v) is 4.31. The molecule has 2 aromatic rings. The molecule has 3 rings (SSSR count). The predicted molar refractivity (Wildman–Crippen MR) is 81.9 cm³/mol. The van der Waals surface area contributed by atoms with Gasteiger partial charge in [-0.15, -0.1) is 0 Å². The van der Waals surface area contributed by atoms with Crippen molar-refractivity contribution >= 4 is 11.1 Å². The van der Waals surface area contributed by atoms with Gasteiger partial charge in [-0.25, -0.2) is 4.98 Å². The first-order valence-corrected chi connectivity index (χ1v) is 7.59. The number of aromatic nitrogens is 1. The van der Waals surface area contributed by atoms with E-state index >= 15 is 0 Å². The summed E-state index contributed by atoms with van der Waals surface area (Å²) in [6, 6.07) is 6.62. The van der Waals surface area contributed by atoms with Crippen LogP contribution in [-0.2, 0) is 5.41 Å². The monoisotopic (exact) mass is 272 g/mol. The van der Waals surface area contributed by atoms with Crippen molar-refractivity contribution in [3.63, 3.8) is 0 Å². The fraction of sp³-hybridized carbons (Fsp3) is 0.588. The van der Waals surface area contributed by atoms with Crippen molar-refractivity contribution in [2.24, 2.45) is 5.92 Å². The van der Waals surface area contributed by atoms with Crippen LogP contribution in [-0.4, -0.2) is 11.5 Å². The van der Waals surface area contributed by atoms with Crippen LogP contribution in [0.5, 0.6) is 0 Å². The van der Waals surface area contributed by atoms with E-state index in [-0.39, 0.29) is 11.5 Å². The lowest BCUT2D eigenvalue weighted by atomic mass is 9.87. The molecular weight excluding hydrogens is 248 g/mol. The third kappa shape index (κ3) is 2.47. The topological polar surface area (TPSA) is 38.1 Å². The molecule has 0 spiro atoms. The lowest BCUT2D eigenvalue weighted by molar-refractivity contribution is 0.264. The highest BCUT2D eigenvalue weighted by Crippen LogP contribution is 2.32. The number of benzene rings is 1. The van der Waals surface area contributed by atoms with Gasteiger partial charge in [0.2, 0.25) is 5.89 Å². The van der Waals surface area contributed by atoms with Crippen molar-refractivity contribution in [2.75, 3.05) is 6.54 Å². The lowest BCUT2D eigenvalue weighted by Gasteiger charge is -2.27. The summed E-state index contributed by atoms with van der Waals surface area (Å²) in [6.07, 6.45) is 2.48. The Balaban J connectivity index is 1.98. The van der Waals surface area contributed by atoms with Crippen LogP contribution in [0.15, 0.2) is 22.6 Å². The van der Waals surface area contributed by atoms with Gasteiger partial charge in [0.15, 0.2) is 5.58 Å². The largest absolute Gasteiger partial charge is 0.439 e. The van der Waals surface area contributed by atoms with Crippen molar-refractivity contribution in [1.29, 1.82) is 0 Å². The van der Waals surface area contributed by atoms with E-state index in [0.29, 0.717) is 5.92 Å². The average molecular weight is 272 g/mol. The van der Waals surface area contributed by atoms with Gasteiger partial charge < -0.3 is 9.73 Å². The minimum absolute atomic E-state index is 0.143. The Bertz CT molecular complexity index is 609. The Hall–Kier alpha value is -1.35. The highest BCUT2D eigenvalue weighted by molar-refractivity contribution is 5.73. The van der Waals surface area contributed by atoms with Crippen molar-refractivity contribution in [3.8, 4) is 0 Å². The number of nitrogens with one attached hydrogen (secondary N) is 1. The molecule has 0 radical (unpaired) electrons. The van der Waals surface area contributed by atoms with E-state index in [0.717, 1.165) is 23.5 Å². The zero-order valence-corrected chi connectivity index (χ0v) is 12.9. The number of hydrogen-bond donors (Lipinski definition) is 1. The minimum Gasteiger partial charge on any atom is -0.439 e. The van der Waals surface area contributed by atoms with Gasteiger partial charge >= 0.3 is 0 Å². The van der Waals surface area contributed by atoms with Crippen LogP contribution in [0.25, 0.3) is 11.1 Å². The molecule has 3 nitrogen and oxygen atoms in total. The summed E-state index contributed by atoms with van der Waals surface area (Å²) >= 11 is 0. The first-order valence-electron chi connectivity index (χ1n) is 7.59. The van der Waals surface area contributed by atoms with E-state index < -0.39 is 0 Å². The summed E-state index contributed by atoms with van der Waals surface area (Å²) in [5, 5.41) is 3.53. The fourth-order valence-corrected chi connectivity index (χ4v) is 2.92. The molecule has 2 heterocycles. The molecule has 1 aromatic heterocycles. The fourth-order valence-electron chi connectivity index (χ4n) is 2.92. The normalized spacial score (nSPS) is 24.2. The van der Waals surface area contributed by atoms with Gasteiger partial charge in [0.05, 0.1) is 6.04 Å². The van der Waals surface area contributed by atoms with Crippen molar-refractivity contribution in [2.45, 2.75) is 52.0 Å². The van der Waals surface area contributed by atoms with E-state index in [4.69, 9.17) is 9.40 Å². The molecular formula is C17H24N2O. The van der Waals surface area contributed by atoms with Crippen molar-refractivity contribution in [3.05, 3.63) is 29.7 Å². The molecule has 0 saturated carbocycles. The molecule has 1 aliphatic rings. The SMILES string of the molecule is CC1CCCNC1c1nc2cc(C(C)(C)C)ccc2o1. The molecule has 20 heavy (non-hydrogen) atoms. The van der Waals surface area contributed by atoms with Crippen LogP contribution < -0.4 is 5.32 Å². The van der Waals surface area contributed by atoms with Gasteiger partial charge in [-0.1, -0.05) is 33.8 Å². The molecule has 1 fully saturated rings. The molecule has 2 unspecified atom stereocenters. The summed E-state index contributed by atoms with van der Waals surface area (Å²) in [4.78, 5) is 4.73. The summed E-state index contributed by atoms with van der Waals surface area (Å²) in [6.45, 7) is 9.99. The first-order chi connectivity index (χ1) is 9.45. The van der Waals surface area contributed by atoms with Crippen molar-refractivity contribution < 1.29 is 4.42 Å². The number of piperidine rings is 1. The Morgan fingerprint density at radius 3 is 2.80 bits per heavy atom. The molecule has 3 heteroatoms. The van der Waals surface area contributed by atoms with Crippen molar-refractivity contribution in [1.82, 2.24) is 10.3 Å². The lowest BCUT2D eigenvalue weighted by Crippen LogP contribution is -2.33. The van der Waals surface area contributed by atoms with E-state index in [1.807, 2.05) is 0 Å². The molecule has 1 aliphatic heterocycles. The maximum Gasteiger partial charge on any atom is 0.212 e. The summed E-state index contributed by atoms with van der Waals surface area (Å²) in [7, 11) is 0. The van der Waals surface area contributed by atoms with Crippen LogP contribution in [0.4, 0.5) is 0 Å². The second-order valence-electron chi connectivity index (χ2n) is 7.04. The quantitative estimate of drug-likeness (QED) is 0.846. The molecule has 1 N–H and O–H groups in total. The molecule has 0 bridgehead atoms. The number of hydrogen-bond acceptors (Lipinski definition) is 3. The highest BCUT2D eigenvalue weighted by atomic mass is 16.3. The highest BCUT2D eigenvalue weighted by Gasteiger charge is 2.27. The molecule has 108 valence electrons. The Morgan fingerprint density at radius 2 is 2.10 bits per heavy atom. The Kier molecular flexibility index (Phi) is 3.33. The molecule has 1 saturated heterocycles. The van der Waals surface area contributed by atoms with Crippen LogP contribution >= 0.6 is 0 Å². The van der Waals surface area contributed by atoms with Crippen LogP contribution in [0.1, 0.15) is 58.0 Å². The summed E-state index contributed by atoms with van der Waals surface area (Å²) in [5.74, 6) is 1.43. The average Bonchev–Trinajstić information content (AvgIpc) is 2.80. The van der Waals surface area contributed by atoms with E-state index in [9.17, 15) is 0 Å². The second kappa shape index (κ2) is 4.88. The molecule has 0 aliphatic carbocycles. The summed E-state index contributed by atoms with van der Waals surface area (Å²) in [5.41, 5.74) is 3.32. The third-order valence-electron chi connectivity index (χ3n) is 4.31. The van der Waals surface area contributed by atoms with Gasteiger partial charge in [0.25, 0.3) is 0 Å². The van der Waals surface area contributed by atoms with Crippen LogP contribution in [0.3, 0.4) is 0 Å². The standard InChI is InChI=1S/C17H24N2O/c1-11-6-5-9-18-15(11)16-19-13-10-12(17(2,3)4)7-8-14(13)20-16/h7-8,10-11,15,18H,5-6,9H2,1-4H3. The second-order valence-corrected chi connectivity index (χ2v) is 7.04. The Labute approximate surface area is 120 Å². The first kappa shape index (κ1) is 13.6. The molecule has 0 amide bonds. The van der Waals surface area contributed by atoms with Gasteiger partial charge in [-0.2, -0.15) is 0 Å².